The third-order valence-electron chi connectivity index (χ3n) is 4.57. The van der Waals surface area contributed by atoms with Crippen LogP contribution in [-0.4, -0.2) is 41.6 Å². The average Bonchev–Trinajstić information content (AvgIpc) is 2.59. The van der Waals surface area contributed by atoms with E-state index in [0.717, 1.165) is 11.3 Å². The van der Waals surface area contributed by atoms with Crippen molar-refractivity contribution in [3.63, 3.8) is 0 Å². The van der Waals surface area contributed by atoms with Crippen LogP contribution in [0.1, 0.15) is 12.8 Å². The van der Waals surface area contributed by atoms with Crippen molar-refractivity contribution in [3.8, 4) is 16.9 Å². The molecule has 27 heavy (non-hydrogen) atoms. The standard InChI is InChI=1S/C19H22F2N2O3S/c1-23(2)15-6-4-5-13(9-15)17-10-16(7-8-18(17)26-3)27(24,25)22-14-11-19(20,21)12-14/h4-10,14,22H,11-12H2,1-3H3. The van der Waals surface area contributed by atoms with Gasteiger partial charge in [-0.1, -0.05) is 12.1 Å². The van der Waals surface area contributed by atoms with E-state index in [1.165, 1.54) is 19.2 Å². The lowest BCUT2D eigenvalue weighted by Crippen LogP contribution is -2.50. The number of methoxy groups -OCH3 is 1. The molecule has 0 aromatic heterocycles. The summed E-state index contributed by atoms with van der Waals surface area (Å²) in [5.74, 6) is -2.26. The molecule has 1 aliphatic rings. The highest BCUT2D eigenvalue weighted by Gasteiger charge is 2.46. The van der Waals surface area contributed by atoms with Gasteiger partial charge in [0.25, 0.3) is 5.92 Å². The average molecular weight is 396 g/mol. The first-order valence-corrected chi connectivity index (χ1v) is 9.95. The number of hydrogen-bond acceptors (Lipinski definition) is 4. The van der Waals surface area contributed by atoms with Crippen molar-refractivity contribution in [2.75, 3.05) is 26.1 Å². The maximum atomic E-state index is 13.0. The summed E-state index contributed by atoms with van der Waals surface area (Å²) in [6.07, 6.45) is -0.944. The van der Waals surface area contributed by atoms with Crippen LogP contribution in [-0.2, 0) is 10.0 Å². The van der Waals surface area contributed by atoms with Crippen molar-refractivity contribution < 1.29 is 21.9 Å². The van der Waals surface area contributed by atoms with Crippen molar-refractivity contribution in [2.24, 2.45) is 0 Å². The molecule has 1 aliphatic carbocycles. The quantitative estimate of drug-likeness (QED) is 0.812. The van der Waals surface area contributed by atoms with Crippen LogP contribution in [0.5, 0.6) is 5.75 Å². The molecule has 3 rings (SSSR count). The third kappa shape index (κ3) is 4.22. The van der Waals surface area contributed by atoms with Gasteiger partial charge < -0.3 is 9.64 Å². The van der Waals surface area contributed by atoms with E-state index < -0.39 is 34.8 Å². The number of benzene rings is 2. The second-order valence-electron chi connectivity index (χ2n) is 6.89. The largest absolute Gasteiger partial charge is 0.496 e. The van der Waals surface area contributed by atoms with Gasteiger partial charge in [0.05, 0.1) is 12.0 Å². The number of hydrogen-bond donors (Lipinski definition) is 1. The third-order valence-corrected chi connectivity index (χ3v) is 6.08. The smallest absolute Gasteiger partial charge is 0.251 e. The first kappa shape index (κ1) is 19.6. The molecule has 5 nitrogen and oxygen atoms in total. The fourth-order valence-corrected chi connectivity index (χ4v) is 4.33. The Morgan fingerprint density at radius 3 is 2.44 bits per heavy atom. The summed E-state index contributed by atoms with van der Waals surface area (Å²) in [5, 5.41) is 0. The summed E-state index contributed by atoms with van der Waals surface area (Å²) in [4.78, 5) is 1.96. The van der Waals surface area contributed by atoms with Crippen LogP contribution in [0.3, 0.4) is 0 Å². The molecule has 0 amide bonds. The number of alkyl halides is 2. The SMILES string of the molecule is COc1ccc(S(=O)(=O)NC2CC(F)(F)C2)cc1-c1cccc(N(C)C)c1. The van der Waals surface area contributed by atoms with Gasteiger partial charge in [-0.15, -0.1) is 0 Å². The number of sulfonamides is 1. The van der Waals surface area contributed by atoms with Crippen LogP contribution in [0, 0.1) is 0 Å². The van der Waals surface area contributed by atoms with Crippen LogP contribution in [0.4, 0.5) is 14.5 Å². The number of nitrogens with zero attached hydrogens (tertiary/aromatic N) is 1. The van der Waals surface area contributed by atoms with Crippen LogP contribution in [0.25, 0.3) is 11.1 Å². The molecule has 0 spiro atoms. The second-order valence-corrected chi connectivity index (χ2v) is 8.60. The van der Waals surface area contributed by atoms with Crippen molar-refractivity contribution in [1.82, 2.24) is 4.72 Å². The molecule has 8 heteroatoms. The second kappa shape index (κ2) is 7.09. The number of rotatable bonds is 6. The summed E-state index contributed by atoms with van der Waals surface area (Å²) in [7, 11) is 1.43. The number of nitrogens with one attached hydrogen (secondary N) is 1. The molecule has 0 unspecified atom stereocenters. The van der Waals surface area contributed by atoms with Gasteiger partial charge in [0.15, 0.2) is 0 Å². The van der Waals surface area contributed by atoms with Crippen LogP contribution >= 0.6 is 0 Å². The minimum absolute atomic E-state index is 0.0174. The molecule has 2 aromatic rings. The summed E-state index contributed by atoms with van der Waals surface area (Å²) in [5.41, 5.74) is 2.37. The van der Waals surface area contributed by atoms with E-state index in [1.54, 1.807) is 6.07 Å². The minimum atomic E-state index is -3.90. The Morgan fingerprint density at radius 2 is 1.85 bits per heavy atom. The monoisotopic (exact) mass is 396 g/mol. The van der Waals surface area contributed by atoms with E-state index >= 15 is 0 Å². The van der Waals surface area contributed by atoms with Crippen molar-refractivity contribution in [3.05, 3.63) is 42.5 Å². The van der Waals surface area contributed by atoms with Gasteiger partial charge in [0.1, 0.15) is 5.75 Å². The predicted molar refractivity (Wildman–Crippen MR) is 101 cm³/mol. The van der Waals surface area contributed by atoms with E-state index in [9.17, 15) is 17.2 Å². The topological polar surface area (TPSA) is 58.6 Å². The number of ether oxygens (including phenoxy) is 1. The van der Waals surface area contributed by atoms with Crippen LogP contribution in [0.2, 0.25) is 0 Å². The fourth-order valence-electron chi connectivity index (χ4n) is 3.06. The summed E-state index contributed by atoms with van der Waals surface area (Å²) in [6.45, 7) is 0. The Labute approximate surface area is 158 Å². The highest BCUT2D eigenvalue weighted by Crippen LogP contribution is 2.39. The molecular weight excluding hydrogens is 374 g/mol. The fraction of sp³-hybridized carbons (Fsp3) is 0.368. The van der Waals surface area contributed by atoms with Gasteiger partial charge in [-0.25, -0.2) is 21.9 Å². The van der Waals surface area contributed by atoms with Crippen molar-refractivity contribution >= 4 is 15.7 Å². The molecule has 0 saturated heterocycles. The number of halogens is 2. The highest BCUT2D eigenvalue weighted by molar-refractivity contribution is 7.89. The first-order valence-electron chi connectivity index (χ1n) is 8.47. The molecule has 1 fully saturated rings. The molecule has 1 N–H and O–H groups in total. The Balaban J connectivity index is 1.95. The van der Waals surface area contributed by atoms with Crippen molar-refractivity contribution in [2.45, 2.75) is 29.7 Å². The lowest BCUT2D eigenvalue weighted by Gasteiger charge is -2.35. The molecule has 0 bridgehead atoms. The highest BCUT2D eigenvalue weighted by atomic mass is 32.2. The summed E-state index contributed by atoms with van der Waals surface area (Å²) >= 11 is 0. The van der Waals surface area contributed by atoms with E-state index in [2.05, 4.69) is 4.72 Å². The first-order chi connectivity index (χ1) is 12.6. The van der Waals surface area contributed by atoms with E-state index in [-0.39, 0.29) is 4.90 Å². The normalized spacial score (nSPS) is 16.6. The minimum Gasteiger partial charge on any atom is -0.496 e. The lowest BCUT2D eigenvalue weighted by molar-refractivity contribution is -0.0876. The van der Waals surface area contributed by atoms with Crippen molar-refractivity contribution in [1.29, 1.82) is 0 Å². The molecule has 1 saturated carbocycles. The van der Waals surface area contributed by atoms with E-state index in [0.29, 0.717) is 11.3 Å². The predicted octanol–water partition coefficient (Wildman–Crippen LogP) is 3.50. The zero-order chi connectivity index (χ0) is 19.8. The van der Waals surface area contributed by atoms with E-state index in [4.69, 9.17) is 4.74 Å². The van der Waals surface area contributed by atoms with Gasteiger partial charge in [0, 0.05) is 44.2 Å². The molecule has 0 aliphatic heterocycles. The lowest BCUT2D eigenvalue weighted by atomic mass is 9.89. The van der Waals surface area contributed by atoms with Gasteiger partial charge in [-0.3, -0.25) is 0 Å². The Bertz CT molecular complexity index is 938. The molecule has 146 valence electrons. The van der Waals surface area contributed by atoms with Crippen LogP contribution < -0.4 is 14.4 Å². The molecular formula is C19H22F2N2O3S. The van der Waals surface area contributed by atoms with Gasteiger partial charge >= 0.3 is 0 Å². The van der Waals surface area contributed by atoms with Gasteiger partial charge in [-0.05, 0) is 35.9 Å². The Kier molecular flexibility index (Phi) is 5.14. The van der Waals surface area contributed by atoms with Gasteiger partial charge in [-0.2, -0.15) is 0 Å². The molecule has 0 heterocycles. The number of anilines is 1. The van der Waals surface area contributed by atoms with Gasteiger partial charge in [0.2, 0.25) is 10.0 Å². The Morgan fingerprint density at radius 1 is 1.15 bits per heavy atom. The molecule has 2 aromatic carbocycles. The maximum Gasteiger partial charge on any atom is 0.251 e. The molecule has 0 atom stereocenters. The molecule has 0 radical (unpaired) electrons. The zero-order valence-corrected chi connectivity index (χ0v) is 16.2. The Hall–Kier alpha value is -2.19. The zero-order valence-electron chi connectivity index (χ0n) is 15.4. The summed E-state index contributed by atoms with van der Waals surface area (Å²) in [6, 6.07) is 11.4. The van der Waals surface area contributed by atoms with E-state index in [1.807, 2.05) is 43.3 Å². The van der Waals surface area contributed by atoms with Crippen LogP contribution in [0.15, 0.2) is 47.4 Å². The maximum absolute atomic E-state index is 13.0. The summed E-state index contributed by atoms with van der Waals surface area (Å²) < 4.78 is 58.9.